The second-order valence-electron chi connectivity index (χ2n) is 3.27. The van der Waals surface area contributed by atoms with E-state index in [0.29, 0.717) is 4.90 Å². The van der Waals surface area contributed by atoms with Crippen LogP contribution in [-0.2, 0) is 9.84 Å². The molecule has 1 rings (SSSR count). The van der Waals surface area contributed by atoms with Gasteiger partial charge in [0, 0.05) is 12.8 Å². The van der Waals surface area contributed by atoms with Crippen molar-refractivity contribution in [3.8, 4) is 0 Å². The van der Waals surface area contributed by atoms with Crippen molar-refractivity contribution in [1.29, 1.82) is 0 Å². The van der Waals surface area contributed by atoms with Crippen molar-refractivity contribution in [1.82, 2.24) is 5.32 Å². The van der Waals surface area contributed by atoms with Gasteiger partial charge in [0.1, 0.15) is 0 Å². The maximum atomic E-state index is 11.4. The van der Waals surface area contributed by atoms with Crippen LogP contribution in [0.2, 0.25) is 0 Å². The molecule has 0 unspecified atom stereocenters. The molecule has 1 N–H and O–H groups in total. The summed E-state index contributed by atoms with van der Waals surface area (Å²) < 4.78 is 22.9. The van der Waals surface area contributed by atoms with Crippen LogP contribution in [0.1, 0.15) is 5.56 Å². The number of nitrogens with one attached hydrogen (secondary N) is 1. The molecular weight excluding hydrogens is 210 g/mol. The molecule has 4 heteroatoms. The Morgan fingerprint density at radius 3 is 2.60 bits per heavy atom. The van der Waals surface area contributed by atoms with Crippen LogP contribution >= 0.6 is 0 Å². The van der Waals surface area contributed by atoms with Crippen molar-refractivity contribution in [3.05, 3.63) is 35.9 Å². The highest BCUT2D eigenvalue weighted by Gasteiger charge is 2.09. The first-order valence-corrected chi connectivity index (χ1v) is 6.55. The van der Waals surface area contributed by atoms with E-state index in [9.17, 15) is 8.42 Å². The van der Waals surface area contributed by atoms with Gasteiger partial charge in [-0.2, -0.15) is 0 Å². The lowest BCUT2D eigenvalue weighted by molar-refractivity contribution is 0.601. The molecule has 0 saturated heterocycles. The topological polar surface area (TPSA) is 46.2 Å². The average Bonchev–Trinajstić information content (AvgIpc) is 2.17. The van der Waals surface area contributed by atoms with Gasteiger partial charge in [-0.05, 0) is 18.7 Å². The first-order chi connectivity index (χ1) is 7.05. The van der Waals surface area contributed by atoms with E-state index in [1.807, 2.05) is 25.3 Å². The van der Waals surface area contributed by atoms with Crippen molar-refractivity contribution in [2.45, 2.75) is 4.90 Å². The third-order valence-electron chi connectivity index (χ3n) is 1.94. The van der Waals surface area contributed by atoms with Crippen LogP contribution in [-0.4, -0.2) is 28.3 Å². The minimum atomic E-state index is -3.14. The van der Waals surface area contributed by atoms with E-state index in [2.05, 4.69) is 5.32 Å². The summed E-state index contributed by atoms with van der Waals surface area (Å²) in [5.41, 5.74) is 0.732. The first-order valence-electron chi connectivity index (χ1n) is 4.66. The number of sulfone groups is 1. The Balaban J connectivity index is 3.08. The highest BCUT2D eigenvalue weighted by Crippen LogP contribution is 2.16. The van der Waals surface area contributed by atoms with E-state index in [0.717, 1.165) is 12.1 Å². The van der Waals surface area contributed by atoms with E-state index in [1.165, 1.54) is 6.26 Å². The van der Waals surface area contributed by atoms with Gasteiger partial charge in [-0.3, -0.25) is 0 Å². The third kappa shape index (κ3) is 3.49. The molecule has 0 bridgehead atoms. The van der Waals surface area contributed by atoms with Crippen molar-refractivity contribution in [2.24, 2.45) is 0 Å². The maximum absolute atomic E-state index is 11.4. The molecule has 0 radical (unpaired) electrons. The summed E-state index contributed by atoms with van der Waals surface area (Å²) in [7, 11) is -1.30. The van der Waals surface area contributed by atoms with Crippen LogP contribution in [0.3, 0.4) is 0 Å². The molecule has 1 aromatic carbocycles. The quantitative estimate of drug-likeness (QED) is 0.840. The monoisotopic (exact) mass is 225 g/mol. The van der Waals surface area contributed by atoms with Crippen LogP contribution in [0.25, 0.3) is 6.08 Å². The smallest absolute Gasteiger partial charge is 0.176 e. The van der Waals surface area contributed by atoms with Gasteiger partial charge in [0.2, 0.25) is 0 Å². The van der Waals surface area contributed by atoms with Crippen LogP contribution in [0, 0.1) is 0 Å². The fraction of sp³-hybridized carbons (Fsp3) is 0.273. The molecule has 0 aromatic heterocycles. The molecule has 0 spiro atoms. The van der Waals surface area contributed by atoms with E-state index < -0.39 is 9.84 Å². The normalized spacial score (nSPS) is 12.1. The predicted molar refractivity (Wildman–Crippen MR) is 62.5 cm³/mol. The highest BCUT2D eigenvalue weighted by atomic mass is 32.2. The largest absolute Gasteiger partial charge is 0.316 e. The lowest BCUT2D eigenvalue weighted by Gasteiger charge is -2.02. The van der Waals surface area contributed by atoms with Gasteiger partial charge >= 0.3 is 0 Å². The maximum Gasteiger partial charge on any atom is 0.176 e. The minimum absolute atomic E-state index is 0.373. The molecule has 0 aliphatic carbocycles. The summed E-state index contributed by atoms with van der Waals surface area (Å²) >= 11 is 0. The number of rotatable bonds is 4. The standard InChI is InChI=1S/C11H15NO2S/c1-12-9-5-7-10-6-3-4-8-11(10)15(2,13)14/h3-8,12H,9H2,1-2H3. The molecule has 0 heterocycles. The molecule has 15 heavy (non-hydrogen) atoms. The Morgan fingerprint density at radius 2 is 2.00 bits per heavy atom. The van der Waals surface area contributed by atoms with Crippen LogP contribution in [0.5, 0.6) is 0 Å². The number of likely N-dealkylation sites (N-methyl/N-ethyl adjacent to an activating group) is 1. The predicted octanol–water partition coefficient (Wildman–Crippen LogP) is 1.32. The molecular formula is C11H15NO2S. The molecule has 0 saturated carbocycles. The van der Waals surface area contributed by atoms with Gasteiger partial charge in [-0.25, -0.2) is 8.42 Å². The van der Waals surface area contributed by atoms with Gasteiger partial charge < -0.3 is 5.32 Å². The van der Waals surface area contributed by atoms with Gasteiger partial charge in [-0.15, -0.1) is 0 Å². The van der Waals surface area contributed by atoms with E-state index >= 15 is 0 Å². The third-order valence-corrected chi connectivity index (χ3v) is 3.11. The first kappa shape index (κ1) is 11.9. The van der Waals surface area contributed by atoms with Gasteiger partial charge in [0.05, 0.1) is 4.90 Å². The fourth-order valence-corrected chi connectivity index (χ4v) is 2.15. The second-order valence-corrected chi connectivity index (χ2v) is 5.25. The van der Waals surface area contributed by atoms with Gasteiger partial charge in [-0.1, -0.05) is 30.4 Å². The van der Waals surface area contributed by atoms with Crippen molar-refractivity contribution in [3.63, 3.8) is 0 Å². The van der Waals surface area contributed by atoms with E-state index in [4.69, 9.17) is 0 Å². The number of hydrogen-bond acceptors (Lipinski definition) is 3. The Labute approximate surface area is 90.7 Å². The van der Waals surface area contributed by atoms with Crippen LogP contribution in [0.15, 0.2) is 35.2 Å². The number of benzene rings is 1. The molecule has 0 atom stereocenters. The Bertz CT molecular complexity index is 449. The molecule has 3 nitrogen and oxygen atoms in total. The van der Waals surface area contributed by atoms with Crippen molar-refractivity contribution >= 4 is 15.9 Å². The van der Waals surface area contributed by atoms with Crippen LogP contribution in [0.4, 0.5) is 0 Å². The summed E-state index contributed by atoms with van der Waals surface area (Å²) in [5.74, 6) is 0. The molecule has 0 amide bonds. The summed E-state index contributed by atoms with van der Waals surface area (Å²) in [6.07, 6.45) is 4.93. The van der Waals surface area contributed by atoms with Crippen molar-refractivity contribution < 1.29 is 8.42 Å². The summed E-state index contributed by atoms with van der Waals surface area (Å²) in [4.78, 5) is 0.373. The number of hydrogen-bond donors (Lipinski definition) is 1. The molecule has 82 valence electrons. The second kappa shape index (κ2) is 5.09. The lowest BCUT2D eigenvalue weighted by atomic mass is 10.2. The molecule has 0 aliphatic heterocycles. The van der Waals surface area contributed by atoms with Crippen LogP contribution < -0.4 is 5.32 Å². The average molecular weight is 225 g/mol. The minimum Gasteiger partial charge on any atom is -0.316 e. The van der Waals surface area contributed by atoms with E-state index in [-0.39, 0.29) is 0 Å². The molecule has 1 aromatic rings. The molecule has 0 aliphatic rings. The Morgan fingerprint density at radius 1 is 1.33 bits per heavy atom. The summed E-state index contributed by atoms with van der Waals surface area (Å²) in [6, 6.07) is 6.97. The van der Waals surface area contributed by atoms with Gasteiger partial charge in [0.25, 0.3) is 0 Å². The lowest BCUT2D eigenvalue weighted by Crippen LogP contribution is -2.04. The molecule has 0 fully saturated rings. The highest BCUT2D eigenvalue weighted by molar-refractivity contribution is 7.90. The van der Waals surface area contributed by atoms with Crippen molar-refractivity contribution in [2.75, 3.05) is 19.8 Å². The van der Waals surface area contributed by atoms with E-state index in [1.54, 1.807) is 18.2 Å². The zero-order chi connectivity index (χ0) is 11.3. The SMILES string of the molecule is CNCC=Cc1ccccc1S(C)(=O)=O. The Kier molecular flexibility index (Phi) is 4.05. The zero-order valence-corrected chi connectivity index (χ0v) is 9.71. The Hall–Kier alpha value is -1.13. The summed E-state index contributed by atoms with van der Waals surface area (Å²) in [5, 5.41) is 2.96. The summed E-state index contributed by atoms with van der Waals surface area (Å²) in [6.45, 7) is 0.720. The zero-order valence-electron chi connectivity index (χ0n) is 8.90. The fourth-order valence-electron chi connectivity index (χ4n) is 1.26. The van der Waals surface area contributed by atoms with Gasteiger partial charge in [0.15, 0.2) is 9.84 Å².